The van der Waals surface area contributed by atoms with Crippen molar-refractivity contribution >= 4 is 16.9 Å². The van der Waals surface area contributed by atoms with Crippen molar-refractivity contribution in [2.45, 2.75) is 0 Å². The average molecular weight is 248 g/mol. The molecule has 0 radical (unpaired) electrons. The van der Waals surface area contributed by atoms with Crippen LogP contribution in [0.2, 0.25) is 0 Å². The number of furan rings is 1. The minimum Gasteiger partial charge on any atom is -0.475 e. The van der Waals surface area contributed by atoms with Gasteiger partial charge in [0.15, 0.2) is 0 Å². The number of piperazine rings is 1. The third kappa shape index (κ3) is 3.32. The molecule has 18 heavy (non-hydrogen) atoms. The Balaban J connectivity index is 0.000000169. The van der Waals surface area contributed by atoms with E-state index in [1.165, 1.54) is 6.07 Å². The summed E-state index contributed by atoms with van der Waals surface area (Å²) in [6.07, 6.45) is 0. The van der Waals surface area contributed by atoms with Gasteiger partial charge in [-0.15, -0.1) is 0 Å². The summed E-state index contributed by atoms with van der Waals surface area (Å²) in [5.41, 5.74) is 0.606. The number of fused-ring (bicyclic) bond motifs is 1. The third-order valence-electron chi connectivity index (χ3n) is 2.59. The van der Waals surface area contributed by atoms with E-state index in [1.54, 1.807) is 12.1 Å². The first kappa shape index (κ1) is 12.6. The van der Waals surface area contributed by atoms with Crippen molar-refractivity contribution in [1.29, 1.82) is 0 Å². The second-order valence-corrected chi connectivity index (χ2v) is 3.95. The number of para-hydroxylation sites is 1. The van der Waals surface area contributed by atoms with Gasteiger partial charge in [-0.3, -0.25) is 0 Å². The summed E-state index contributed by atoms with van der Waals surface area (Å²) in [4.78, 5) is 10.5. The Morgan fingerprint density at radius 3 is 2.22 bits per heavy atom. The number of carboxylic acid groups (broad SMARTS) is 1. The van der Waals surface area contributed by atoms with Gasteiger partial charge in [0.1, 0.15) is 5.58 Å². The van der Waals surface area contributed by atoms with E-state index in [0.717, 1.165) is 31.6 Å². The Bertz CT molecular complexity index is 473. The molecule has 0 bridgehead atoms. The maximum atomic E-state index is 10.5. The highest BCUT2D eigenvalue weighted by Gasteiger charge is 2.08. The number of rotatable bonds is 1. The van der Waals surface area contributed by atoms with Gasteiger partial charge in [0, 0.05) is 31.6 Å². The van der Waals surface area contributed by atoms with Crippen molar-refractivity contribution in [3.63, 3.8) is 0 Å². The van der Waals surface area contributed by atoms with E-state index in [4.69, 9.17) is 9.52 Å². The molecule has 96 valence electrons. The number of aromatic carboxylic acids is 1. The fraction of sp³-hybridized carbons (Fsp3) is 0.308. The van der Waals surface area contributed by atoms with Crippen LogP contribution < -0.4 is 10.6 Å². The Morgan fingerprint density at radius 2 is 1.72 bits per heavy atom. The molecule has 3 rings (SSSR count). The largest absolute Gasteiger partial charge is 0.475 e. The van der Waals surface area contributed by atoms with E-state index in [9.17, 15) is 4.79 Å². The van der Waals surface area contributed by atoms with Gasteiger partial charge < -0.3 is 20.2 Å². The monoisotopic (exact) mass is 248 g/mol. The van der Waals surface area contributed by atoms with E-state index in [1.807, 2.05) is 12.1 Å². The van der Waals surface area contributed by atoms with Gasteiger partial charge >= 0.3 is 5.97 Å². The highest BCUT2D eigenvalue weighted by molar-refractivity contribution is 5.91. The molecule has 1 aliphatic rings. The summed E-state index contributed by atoms with van der Waals surface area (Å²) >= 11 is 0. The molecule has 0 aliphatic carbocycles. The molecular weight excluding hydrogens is 232 g/mol. The molecule has 2 heterocycles. The molecule has 0 atom stereocenters. The molecule has 1 saturated heterocycles. The number of carboxylic acids is 1. The molecule has 0 amide bonds. The summed E-state index contributed by atoms with van der Waals surface area (Å²) in [6.45, 7) is 4.56. The van der Waals surface area contributed by atoms with Gasteiger partial charge in [-0.25, -0.2) is 4.79 Å². The third-order valence-corrected chi connectivity index (χ3v) is 2.59. The second kappa shape index (κ2) is 6.18. The van der Waals surface area contributed by atoms with Gasteiger partial charge in [0.2, 0.25) is 5.76 Å². The van der Waals surface area contributed by atoms with Gasteiger partial charge in [-0.2, -0.15) is 0 Å². The molecule has 0 saturated carbocycles. The first-order chi connectivity index (χ1) is 8.77. The van der Waals surface area contributed by atoms with Crippen LogP contribution in [0.15, 0.2) is 34.7 Å². The topological polar surface area (TPSA) is 74.5 Å². The zero-order valence-corrected chi connectivity index (χ0v) is 9.98. The van der Waals surface area contributed by atoms with Crippen molar-refractivity contribution < 1.29 is 14.3 Å². The Kier molecular flexibility index (Phi) is 4.33. The first-order valence-electron chi connectivity index (χ1n) is 5.90. The van der Waals surface area contributed by atoms with Gasteiger partial charge in [0.05, 0.1) is 0 Å². The minimum absolute atomic E-state index is 0.0174. The Morgan fingerprint density at radius 1 is 1.11 bits per heavy atom. The summed E-state index contributed by atoms with van der Waals surface area (Å²) in [5.74, 6) is -1.05. The van der Waals surface area contributed by atoms with Crippen LogP contribution in [0.1, 0.15) is 10.6 Å². The predicted octanol–water partition coefficient (Wildman–Crippen LogP) is 1.31. The number of hydrogen-bond donors (Lipinski definition) is 3. The molecule has 5 nitrogen and oxygen atoms in total. The zero-order valence-electron chi connectivity index (χ0n) is 9.98. The van der Waals surface area contributed by atoms with Crippen molar-refractivity contribution in [2.24, 2.45) is 0 Å². The van der Waals surface area contributed by atoms with Crippen LogP contribution in [0.25, 0.3) is 11.0 Å². The maximum absolute atomic E-state index is 10.5. The van der Waals surface area contributed by atoms with Gasteiger partial charge in [-0.1, -0.05) is 18.2 Å². The van der Waals surface area contributed by atoms with Crippen LogP contribution in [0.3, 0.4) is 0 Å². The fourth-order valence-electron chi connectivity index (χ4n) is 1.69. The van der Waals surface area contributed by atoms with E-state index in [0.29, 0.717) is 5.58 Å². The predicted molar refractivity (Wildman–Crippen MR) is 68.9 cm³/mol. The van der Waals surface area contributed by atoms with E-state index in [-0.39, 0.29) is 5.76 Å². The van der Waals surface area contributed by atoms with Crippen molar-refractivity contribution in [3.8, 4) is 0 Å². The molecule has 0 unspecified atom stereocenters. The maximum Gasteiger partial charge on any atom is 0.371 e. The summed E-state index contributed by atoms with van der Waals surface area (Å²) in [5, 5.41) is 15.9. The lowest BCUT2D eigenvalue weighted by atomic mass is 10.2. The Labute approximate surface area is 105 Å². The van der Waals surface area contributed by atoms with Gasteiger partial charge in [-0.05, 0) is 12.1 Å². The number of benzene rings is 1. The zero-order chi connectivity index (χ0) is 12.8. The standard InChI is InChI=1S/C9H6O3.C4H10N2/c10-9(11)8-5-6-3-1-2-4-7(6)12-8;1-2-6-4-3-5-1/h1-5H,(H,10,11);5-6H,1-4H2. The molecule has 1 aliphatic heterocycles. The second-order valence-electron chi connectivity index (χ2n) is 3.95. The SMILES string of the molecule is C1CNCCN1.O=C(O)c1cc2ccccc2o1. The normalized spacial score (nSPS) is 14.9. The van der Waals surface area contributed by atoms with Crippen LogP contribution in [0, 0.1) is 0 Å². The number of carbonyl (C=O) groups is 1. The lowest BCUT2D eigenvalue weighted by Crippen LogP contribution is -2.39. The quantitative estimate of drug-likeness (QED) is 0.709. The molecule has 0 spiro atoms. The van der Waals surface area contributed by atoms with Crippen LogP contribution in [0.5, 0.6) is 0 Å². The van der Waals surface area contributed by atoms with Gasteiger partial charge in [0.25, 0.3) is 0 Å². The van der Waals surface area contributed by atoms with E-state index in [2.05, 4.69) is 10.6 Å². The highest BCUT2D eigenvalue weighted by atomic mass is 16.4. The highest BCUT2D eigenvalue weighted by Crippen LogP contribution is 2.18. The molecule has 2 aromatic rings. The smallest absolute Gasteiger partial charge is 0.371 e. The lowest BCUT2D eigenvalue weighted by Gasteiger charge is -2.11. The molecule has 3 N–H and O–H groups in total. The summed E-state index contributed by atoms with van der Waals surface area (Å²) in [7, 11) is 0. The average Bonchev–Trinajstić information content (AvgIpc) is 2.85. The summed E-state index contributed by atoms with van der Waals surface area (Å²) in [6, 6.07) is 8.70. The molecule has 1 aromatic carbocycles. The first-order valence-corrected chi connectivity index (χ1v) is 5.90. The summed E-state index contributed by atoms with van der Waals surface area (Å²) < 4.78 is 5.03. The van der Waals surface area contributed by atoms with Crippen molar-refractivity contribution in [1.82, 2.24) is 10.6 Å². The van der Waals surface area contributed by atoms with Crippen LogP contribution in [-0.4, -0.2) is 37.3 Å². The molecular formula is C13H16N2O3. The fourth-order valence-corrected chi connectivity index (χ4v) is 1.69. The van der Waals surface area contributed by atoms with Crippen LogP contribution in [-0.2, 0) is 0 Å². The van der Waals surface area contributed by atoms with Crippen LogP contribution in [0.4, 0.5) is 0 Å². The minimum atomic E-state index is -1.04. The molecule has 1 aromatic heterocycles. The van der Waals surface area contributed by atoms with E-state index >= 15 is 0 Å². The number of hydrogen-bond acceptors (Lipinski definition) is 4. The van der Waals surface area contributed by atoms with Crippen molar-refractivity contribution in [3.05, 3.63) is 36.1 Å². The van der Waals surface area contributed by atoms with Crippen molar-refractivity contribution in [2.75, 3.05) is 26.2 Å². The Hall–Kier alpha value is -1.85. The van der Waals surface area contributed by atoms with E-state index < -0.39 is 5.97 Å². The molecule has 5 heteroatoms. The number of nitrogens with one attached hydrogen (secondary N) is 2. The lowest BCUT2D eigenvalue weighted by molar-refractivity contribution is 0.0665. The molecule has 1 fully saturated rings. The van der Waals surface area contributed by atoms with Crippen LogP contribution >= 0.6 is 0 Å².